The average Bonchev–Trinajstić information content (AvgIpc) is 2.62. The Morgan fingerprint density at radius 3 is 2.46 bits per heavy atom. The lowest BCUT2D eigenvalue weighted by atomic mass is 10.1. The average molecular weight is 445 g/mol. The van der Waals surface area contributed by atoms with Crippen LogP contribution in [0, 0.1) is 0 Å². The highest BCUT2D eigenvalue weighted by Crippen LogP contribution is 2.15. The van der Waals surface area contributed by atoms with Gasteiger partial charge in [0, 0.05) is 30.1 Å². The summed E-state index contributed by atoms with van der Waals surface area (Å²) in [7, 11) is -3.09. The van der Waals surface area contributed by atoms with E-state index >= 15 is 0 Å². The number of sulfonamides is 1. The van der Waals surface area contributed by atoms with E-state index in [4.69, 9.17) is 0 Å². The van der Waals surface area contributed by atoms with Gasteiger partial charge in [-0.3, -0.25) is 0 Å². The summed E-state index contributed by atoms with van der Waals surface area (Å²) < 4.78 is 27.0. The van der Waals surface area contributed by atoms with E-state index in [0.717, 1.165) is 35.4 Å². The fraction of sp³-hybridized carbons (Fsp3) is 0.611. The second-order valence-electron chi connectivity index (χ2n) is 6.46. The van der Waals surface area contributed by atoms with Crippen molar-refractivity contribution in [2.24, 2.45) is 4.99 Å². The number of hydrogen-bond donors (Lipinski definition) is 2. The van der Waals surface area contributed by atoms with Crippen LogP contribution < -0.4 is 10.6 Å². The molecule has 0 bridgehead atoms. The topological polar surface area (TPSA) is 73.8 Å². The van der Waals surface area contributed by atoms with Crippen molar-refractivity contribution in [1.29, 1.82) is 0 Å². The van der Waals surface area contributed by atoms with Crippen LogP contribution in [0.1, 0.15) is 38.7 Å². The van der Waals surface area contributed by atoms with Crippen molar-refractivity contribution in [1.82, 2.24) is 14.9 Å². The molecule has 0 atom stereocenters. The molecular formula is C18H29BrN4O2S. The second-order valence-corrected chi connectivity index (χ2v) is 9.46. The van der Waals surface area contributed by atoms with E-state index in [0.29, 0.717) is 26.1 Å². The normalized spacial score (nSPS) is 17.3. The van der Waals surface area contributed by atoms with Crippen molar-refractivity contribution in [2.75, 3.05) is 25.4 Å². The van der Waals surface area contributed by atoms with Crippen LogP contribution in [-0.2, 0) is 16.6 Å². The molecule has 1 saturated heterocycles. The van der Waals surface area contributed by atoms with Crippen LogP contribution in [-0.4, -0.2) is 50.1 Å². The number of piperidine rings is 1. The molecule has 2 rings (SSSR count). The Hall–Kier alpha value is -1.12. The molecular weight excluding hydrogens is 416 g/mol. The van der Waals surface area contributed by atoms with Crippen LogP contribution in [0.15, 0.2) is 33.7 Å². The molecule has 0 saturated carbocycles. The van der Waals surface area contributed by atoms with E-state index in [-0.39, 0.29) is 11.8 Å². The second kappa shape index (κ2) is 10.3. The summed E-state index contributed by atoms with van der Waals surface area (Å²) in [5, 5.41) is 6.72. The maximum atomic E-state index is 12.2. The number of rotatable bonds is 7. The van der Waals surface area contributed by atoms with Crippen LogP contribution in [0.2, 0.25) is 0 Å². The molecule has 26 heavy (non-hydrogen) atoms. The van der Waals surface area contributed by atoms with Crippen LogP contribution in [0.25, 0.3) is 0 Å². The van der Waals surface area contributed by atoms with Gasteiger partial charge in [-0.1, -0.05) is 35.0 Å². The molecule has 0 amide bonds. The van der Waals surface area contributed by atoms with Crippen molar-refractivity contribution < 1.29 is 8.42 Å². The lowest BCUT2D eigenvalue weighted by Gasteiger charge is -2.32. The van der Waals surface area contributed by atoms with Gasteiger partial charge >= 0.3 is 0 Å². The molecule has 0 unspecified atom stereocenters. The van der Waals surface area contributed by atoms with Gasteiger partial charge in [-0.2, -0.15) is 0 Å². The van der Waals surface area contributed by atoms with Gasteiger partial charge < -0.3 is 10.6 Å². The molecule has 146 valence electrons. The number of nitrogens with one attached hydrogen (secondary N) is 2. The molecule has 1 fully saturated rings. The largest absolute Gasteiger partial charge is 0.357 e. The third-order valence-corrected chi connectivity index (χ3v) is 6.93. The molecule has 1 heterocycles. The van der Waals surface area contributed by atoms with E-state index in [2.05, 4.69) is 31.6 Å². The van der Waals surface area contributed by atoms with Crippen molar-refractivity contribution in [3.8, 4) is 0 Å². The zero-order valence-corrected chi connectivity index (χ0v) is 17.9. The molecule has 1 aromatic rings. The van der Waals surface area contributed by atoms with Gasteiger partial charge in [0.15, 0.2) is 5.96 Å². The maximum Gasteiger partial charge on any atom is 0.214 e. The first-order valence-electron chi connectivity index (χ1n) is 9.21. The lowest BCUT2D eigenvalue weighted by molar-refractivity contribution is 0.306. The molecule has 2 N–H and O–H groups in total. The smallest absolute Gasteiger partial charge is 0.214 e. The number of nitrogens with zero attached hydrogens (tertiary/aromatic N) is 2. The first-order valence-corrected chi connectivity index (χ1v) is 11.6. The summed E-state index contributed by atoms with van der Waals surface area (Å²) in [6, 6.07) is 8.36. The number of aliphatic imine (C=N–C) groups is 1. The summed E-state index contributed by atoms with van der Waals surface area (Å²) in [5.41, 5.74) is 1.14. The summed E-state index contributed by atoms with van der Waals surface area (Å²) in [4.78, 5) is 4.65. The fourth-order valence-corrected chi connectivity index (χ4v) is 4.74. The molecule has 6 nitrogen and oxygen atoms in total. The number of guanidine groups is 1. The molecule has 0 aliphatic carbocycles. The van der Waals surface area contributed by atoms with Gasteiger partial charge in [-0.25, -0.2) is 17.7 Å². The molecule has 1 aliphatic rings. The molecule has 0 spiro atoms. The first-order chi connectivity index (χ1) is 12.4. The van der Waals surface area contributed by atoms with E-state index in [1.165, 1.54) is 0 Å². The summed E-state index contributed by atoms with van der Waals surface area (Å²) in [6.45, 7) is 6.48. The van der Waals surface area contributed by atoms with Gasteiger partial charge in [-0.05, 0) is 43.9 Å². The number of benzene rings is 1. The molecule has 8 heteroatoms. The third-order valence-electron chi connectivity index (χ3n) is 4.33. The molecule has 1 aliphatic heterocycles. The van der Waals surface area contributed by atoms with Crippen molar-refractivity contribution in [3.63, 3.8) is 0 Å². The number of hydrogen-bond acceptors (Lipinski definition) is 3. The summed E-state index contributed by atoms with van der Waals surface area (Å²) in [6.07, 6.45) is 2.26. The van der Waals surface area contributed by atoms with Crippen LogP contribution in [0.3, 0.4) is 0 Å². The third kappa shape index (κ3) is 6.55. The quantitative estimate of drug-likeness (QED) is 0.500. The standard InChI is InChI=1S/C18H29BrN4O2S/c1-3-13-26(24,25)23-11-9-17(10-12-23)22-18(20-4-2)21-14-15-5-7-16(19)8-6-15/h5-8,17H,3-4,9-14H2,1-2H3,(H2,20,21,22). The Kier molecular flexibility index (Phi) is 8.37. The van der Waals surface area contributed by atoms with E-state index in [1.807, 2.05) is 38.1 Å². The molecule has 0 radical (unpaired) electrons. The van der Waals surface area contributed by atoms with E-state index in [1.54, 1.807) is 4.31 Å². The van der Waals surface area contributed by atoms with Gasteiger partial charge in [0.1, 0.15) is 0 Å². The minimum Gasteiger partial charge on any atom is -0.357 e. The zero-order valence-electron chi connectivity index (χ0n) is 15.5. The van der Waals surface area contributed by atoms with E-state index < -0.39 is 10.0 Å². The van der Waals surface area contributed by atoms with Crippen molar-refractivity contribution in [3.05, 3.63) is 34.3 Å². The predicted octanol–water partition coefficient (Wildman–Crippen LogP) is 2.71. The molecule has 0 aromatic heterocycles. The highest BCUT2D eigenvalue weighted by molar-refractivity contribution is 9.10. The molecule has 1 aromatic carbocycles. The Bertz CT molecular complexity index is 684. The van der Waals surface area contributed by atoms with Crippen LogP contribution in [0.5, 0.6) is 0 Å². The lowest BCUT2D eigenvalue weighted by Crippen LogP contribution is -2.50. The Morgan fingerprint density at radius 2 is 1.88 bits per heavy atom. The zero-order chi connectivity index (χ0) is 19.0. The first kappa shape index (κ1) is 21.2. The van der Waals surface area contributed by atoms with Gasteiger partial charge in [-0.15, -0.1) is 0 Å². The number of halogens is 1. The highest BCUT2D eigenvalue weighted by Gasteiger charge is 2.27. The highest BCUT2D eigenvalue weighted by atomic mass is 79.9. The van der Waals surface area contributed by atoms with Crippen LogP contribution in [0.4, 0.5) is 0 Å². The Morgan fingerprint density at radius 1 is 1.23 bits per heavy atom. The monoisotopic (exact) mass is 444 g/mol. The van der Waals surface area contributed by atoms with E-state index in [9.17, 15) is 8.42 Å². The minimum atomic E-state index is -3.09. The van der Waals surface area contributed by atoms with Crippen molar-refractivity contribution in [2.45, 2.75) is 45.7 Å². The summed E-state index contributed by atoms with van der Waals surface area (Å²) >= 11 is 3.44. The van der Waals surface area contributed by atoms with Crippen LogP contribution >= 0.6 is 15.9 Å². The SMILES string of the molecule is CCCS(=O)(=O)N1CCC(NC(=NCc2ccc(Br)cc2)NCC)CC1. The summed E-state index contributed by atoms with van der Waals surface area (Å²) in [5.74, 6) is 1.02. The van der Waals surface area contributed by atoms with Gasteiger partial charge in [0.05, 0.1) is 12.3 Å². The van der Waals surface area contributed by atoms with Gasteiger partial charge in [0.2, 0.25) is 10.0 Å². The predicted molar refractivity (Wildman–Crippen MR) is 111 cm³/mol. The minimum absolute atomic E-state index is 0.238. The van der Waals surface area contributed by atoms with Gasteiger partial charge in [0.25, 0.3) is 0 Å². The Balaban J connectivity index is 1.90. The maximum absolute atomic E-state index is 12.2. The van der Waals surface area contributed by atoms with Crippen molar-refractivity contribution >= 4 is 31.9 Å². The fourth-order valence-electron chi connectivity index (χ4n) is 2.94. The Labute approximate surface area is 165 Å².